The fourth-order valence-corrected chi connectivity index (χ4v) is 1.62. The van der Waals surface area contributed by atoms with Crippen molar-refractivity contribution in [3.8, 4) is 0 Å². The van der Waals surface area contributed by atoms with Gasteiger partial charge in [-0.2, -0.15) is 0 Å². The van der Waals surface area contributed by atoms with Crippen LogP contribution in [0.2, 0.25) is 0 Å². The third-order valence-electron chi connectivity index (χ3n) is 2.82. The molecular formula is C13H17NO. The predicted octanol–water partition coefficient (Wildman–Crippen LogP) is 2.99. The molecule has 0 saturated heterocycles. The molecule has 0 unspecified atom stereocenters. The normalized spacial score (nSPS) is 15.0. The van der Waals surface area contributed by atoms with E-state index < -0.39 is 0 Å². The number of carbonyl (C=O) groups is 1. The van der Waals surface area contributed by atoms with Gasteiger partial charge in [-0.15, -0.1) is 0 Å². The second kappa shape index (κ2) is 4.47. The molecule has 0 aliphatic heterocycles. The molecule has 1 aromatic carbocycles. The molecule has 0 heterocycles. The molecule has 1 aliphatic carbocycles. The summed E-state index contributed by atoms with van der Waals surface area (Å²) in [7, 11) is 0. The average Bonchev–Trinajstić information content (AvgIpc) is 3.03. The molecule has 0 bridgehead atoms. The lowest BCUT2D eigenvalue weighted by molar-refractivity contribution is -0.116. The van der Waals surface area contributed by atoms with Crippen molar-refractivity contribution in [3.05, 3.63) is 29.8 Å². The van der Waals surface area contributed by atoms with E-state index in [9.17, 15) is 4.79 Å². The van der Waals surface area contributed by atoms with Gasteiger partial charge in [0.1, 0.15) is 0 Å². The Morgan fingerprint density at radius 1 is 1.33 bits per heavy atom. The van der Waals surface area contributed by atoms with Gasteiger partial charge in [0.05, 0.1) is 0 Å². The fraction of sp³-hybridized carbons (Fsp3) is 0.462. The van der Waals surface area contributed by atoms with Crippen LogP contribution in [0.15, 0.2) is 24.3 Å². The first-order valence-corrected chi connectivity index (χ1v) is 5.66. The monoisotopic (exact) mass is 203 g/mol. The summed E-state index contributed by atoms with van der Waals surface area (Å²) < 4.78 is 0. The molecule has 15 heavy (non-hydrogen) atoms. The lowest BCUT2D eigenvalue weighted by Gasteiger charge is -2.05. The molecule has 2 nitrogen and oxygen atoms in total. The van der Waals surface area contributed by atoms with E-state index in [1.807, 2.05) is 12.1 Å². The molecule has 1 fully saturated rings. The van der Waals surface area contributed by atoms with E-state index in [0.29, 0.717) is 12.3 Å². The zero-order chi connectivity index (χ0) is 10.7. The highest BCUT2D eigenvalue weighted by molar-refractivity contribution is 5.90. The van der Waals surface area contributed by atoms with Crippen LogP contribution in [0, 0.1) is 5.92 Å². The van der Waals surface area contributed by atoms with Crippen molar-refractivity contribution in [2.75, 3.05) is 5.32 Å². The lowest BCUT2D eigenvalue weighted by atomic mass is 10.1. The molecule has 1 N–H and O–H groups in total. The SMILES string of the molecule is CCc1ccc(NC(=O)CC2CC2)cc1. The van der Waals surface area contributed by atoms with Crippen LogP contribution in [0.4, 0.5) is 5.69 Å². The second-order valence-electron chi connectivity index (χ2n) is 4.25. The Morgan fingerprint density at radius 2 is 2.00 bits per heavy atom. The number of aryl methyl sites for hydroxylation is 1. The summed E-state index contributed by atoms with van der Waals surface area (Å²) in [5, 5.41) is 2.93. The minimum atomic E-state index is 0.154. The summed E-state index contributed by atoms with van der Waals surface area (Å²) in [6.45, 7) is 2.13. The minimum Gasteiger partial charge on any atom is -0.326 e. The van der Waals surface area contributed by atoms with E-state index in [-0.39, 0.29) is 5.91 Å². The number of hydrogen-bond acceptors (Lipinski definition) is 1. The van der Waals surface area contributed by atoms with E-state index >= 15 is 0 Å². The highest BCUT2D eigenvalue weighted by atomic mass is 16.1. The molecule has 1 saturated carbocycles. The fourth-order valence-electron chi connectivity index (χ4n) is 1.62. The first-order valence-electron chi connectivity index (χ1n) is 5.66. The summed E-state index contributed by atoms with van der Waals surface area (Å²) in [6, 6.07) is 8.08. The van der Waals surface area contributed by atoms with Crippen LogP contribution in [-0.2, 0) is 11.2 Å². The van der Waals surface area contributed by atoms with Crippen LogP contribution in [0.3, 0.4) is 0 Å². The predicted molar refractivity (Wildman–Crippen MR) is 61.8 cm³/mol. The van der Waals surface area contributed by atoms with Crippen molar-refractivity contribution < 1.29 is 4.79 Å². The van der Waals surface area contributed by atoms with Crippen molar-refractivity contribution in [2.45, 2.75) is 32.6 Å². The van der Waals surface area contributed by atoms with Crippen LogP contribution >= 0.6 is 0 Å². The highest BCUT2D eigenvalue weighted by Gasteiger charge is 2.24. The van der Waals surface area contributed by atoms with Crippen molar-refractivity contribution in [1.82, 2.24) is 0 Å². The largest absolute Gasteiger partial charge is 0.326 e. The molecule has 0 spiro atoms. The molecule has 1 aliphatic rings. The topological polar surface area (TPSA) is 29.1 Å². The highest BCUT2D eigenvalue weighted by Crippen LogP contribution is 2.32. The Bertz CT molecular complexity index is 338. The number of anilines is 1. The summed E-state index contributed by atoms with van der Waals surface area (Å²) in [6.07, 6.45) is 4.18. The maximum absolute atomic E-state index is 11.5. The molecular weight excluding hydrogens is 186 g/mol. The van der Waals surface area contributed by atoms with Crippen LogP contribution in [0.5, 0.6) is 0 Å². The Balaban J connectivity index is 1.88. The minimum absolute atomic E-state index is 0.154. The number of amides is 1. The number of nitrogens with one attached hydrogen (secondary N) is 1. The third kappa shape index (κ3) is 3.08. The summed E-state index contributed by atoms with van der Waals surface area (Å²) in [5.74, 6) is 0.807. The van der Waals surface area contributed by atoms with Crippen molar-refractivity contribution >= 4 is 11.6 Å². The molecule has 2 rings (SSSR count). The quantitative estimate of drug-likeness (QED) is 0.800. The lowest BCUT2D eigenvalue weighted by Crippen LogP contribution is -2.11. The van der Waals surface area contributed by atoms with Crippen molar-refractivity contribution in [2.24, 2.45) is 5.92 Å². The van der Waals surface area contributed by atoms with E-state index in [0.717, 1.165) is 12.1 Å². The van der Waals surface area contributed by atoms with Gasteiger partial charge < -0.3 is 5.32 Å². The maximum Gasteiger partial charge on any atom is 0.224 e. The molecule has 0 atom stereocenters. The van der Waals surface area contributed by atoms with Gasteiger partial charge in [-0.3, -0.25) is 4.79 Å². The standard InChI is InChI=1S/C13H17NO/c1-2-10-5-7-12(8-6-10)14-13(15)9-11-3-4-11/h5-8,11H,2-4,9H2,1H3,(H,14,15). The van der Waals surface area contributed by atoms with Gasteiger partial charge >= 0.3 is 0 Å². The van der Waals surface area contributed by atoms with Gasteiger partial charge in [-0.05, 0) is 42.9 Å². The van der Waals surface area contributed by atoms with E-state index in [1.165, 1.54) is 18.4 Å². The van der Waals surface area contributed by atoms with Gasteiger partial charge in [-0.1, -0.05) is 19.1 Å². The second-order valence-corrected chi connectivity index (χ2v) is 4.25. The first kappa shape index (κ1) is 10.2. The summed E-state index contributed by atoms with van der Waals surface area (Å²) in [4.78, 5) is 11.5. The Kier molecular flexibility index (Phi) is 3.05. The maximum atomic E-state index is 11.5. The summed E-state index contributed by atoms with van der Waals surface area (Å²) >= 11 is 0. The van der Waals surface area contributed by atoms with Gasteiger partial charge in [-0.25, -0.2) is 0 Å². The smallest absolute Gasteiger partial charge is 0.224 e. The van der Waals surface area contributed by atoms with Gasteiger partial charge in [0.2, 0.25) is 5.91 Å². The van der Waals surface area contributed by atoms with Crippen LogP contribution in [0.25, 0.3) is 0 Å². The van der Waals surface area contributed by atoms with Crippen molar-refractivity contribution in [3.63, 3.8) is 0 Å². The molecule has 2 heteroatoms. The van der Waals surface area contributed by atoms with Crippen molar-refractivity contribution in [1.29, 1.82) is 0 Å². The third-order valence-corrected chi connectivity index (χ3v) is 2.82. The number of rotatable bonds is 4. The Labute approximate surface area is 90.7 Å². The Hall–Kier alpha value is -1.31. The van der Waals surface area contributed by atoms with E-state index in [4.69, 9.17) is 0 Å². The average molecular weight is 203 g/mol. The van der Waals surface area contributed by atoms with Gasteiger partial charge in [0.15, 0.2) is 0 Å². The van der Waals surface area contributed by atoms with E-state index in [2.05, 4.69) is 24.4 Å². The molecule has 1 aromatic rings. The van der Waals surface area contributed by atoms with Crippen LogP contribution in [-0.4, -0.2) is 5.91 Å². The zero-order valence-electron chi connectivity index (χ0n) is 9.12. The van der Waals surface area contributed by atoms with Gasteiger partial charge in [0.25, 0.3) is 0 Å². The summed E-state index contributed by atoms with van der Waals surface area (Å²) in [5.41, 5.74) is 2.22. The molecule has 80 valence electrons. The van der Waals surface area contributed by atoms with Crippen LogP contribution < -0.4 is 5.32 Å². The van der Waals surface area contributed by atoms with Crippen LogP contribution in [0.1, 0.15) is 31.7 Å². The van der Waals surface area contributed by atoms with Gasteiger partial charge in [0, 0.05) is 12.1 Å². The number of hydrogen-bond donors (Lipinski definition) is 1. The molecule has 1 amide bonds. The zero-order valence-corrected chi connectivity index (χ0v) is 9.12. The number of benzene rings is 1. The Morgan fingerprint density at radius 3 is 2.53 bits per heavy atom. The number of carbonyl (C=O) groups excluding carboxylic acids is 1. The molecule has 0 aromatic heterocycles. The first-order chi connectivity index (χ1) is 7.28. The van der Waals surface area contributed by atoms with E-state index in [1.54, 1.807) is 0 Å². The molecule has 0 radical (unpaired) electrons.